The largest absolute Gasteiger partial charge is 0.377 e. The SMILES string of the molecule is C=CCCCNC(=O)COCCOCCNC(=O)COCCOCCNC(=O)CCC. The highest BCUT2D eigenvalue weighted by Crippen LogP contribution is 1.87. The second kappa shape index (κ2) is 22.7. The third kappa shape index (κ3) is 22.5. The van der Waals surface area contributed by atoms with Crippen molar-refractivity contribution >= 4 is 17.7 Å². The molecule has 0 atom stereocenters. The van der Waals surface area contributed by atoms with E-state index in [0.717, 1.165) is 19.3 Å². The molecule has 0 spiro atoms. The van der Waals surface area contributed by atoms with E-state index in [2.05, 4.69) is 22.5 Å². The molecule has 180 valence electrons. The van der Waals surface area contributed by atoms with Crippen molar-refractivity contribution in [2.45, 2.75) is 32.6 Å². The van der Waals surface area contributed by atoms with Crippen LogP contribution in [0.15, 0.2) is 12.7 Å². The van der Waals surface area contributed by atoms with Crippen LogP contribution in [0.5, 0.6) is 0 Å². The smallest absolute Gasteiger partial charge is 0.246 e. The van der Waals surface area contributed by atoms with Gasteiger partial charge in [-0.3, -0.25) is 14.4 Å². The summed E-state index contributed by atoms with van der Waals surface area (Å²) < 4.78 is 21.0. The van der Waals surface area contributed by atoms with Gasteiger partial charge in [0.15, 0.2) is 0 Å². The van der Waals surface area contributed by atoms with Crippen molar-refractivity contribution in [1.82, 2.24) is 16.0 Å². The first-order valence-corrected chi connectivity index (χ1v) is 10.8. The second-order valence-corrected chi connectivity index (χ2v) is 6.56. The van der Waals surface area contributed by atoms with Gasteiger partial charge in [0.2, 0.25) is 17.7 Å². The van der Waals surface area contributed by atoms with Crippen LogP contribution in [-0.4, -0.2) is 90.2 Å². The van der Waals surface area contributed by atoms with E-state index in [4.69, 9.17) is 18.9 Å². The van der Waals surface area contributed by atoms with Gasteiger partial charge in [0.05, 0.1) is 39.6 Å². The summed E-state index contributed by atoms with van der Waals surface area (Å²) in [5, 5.41) is 8.16. The number of carbonyl (C=O) groups is 3. The number of carbonyl (C=O) groups excluding carboxylic acids is 3. The lowest BCUT2D eigenvalue weighted by Gasteiger charge is -2.09. The van der Waals surface area contributed by atoms with Gasteiger partial charge in [0.25, 0.3) is 0 Å². The maximum absolute atomic E-state index is 11.6. The Hall–Kier alpha value is -2.01. The molecule has 31 heavy (non-hydrogen) atoms. The fourth-order valence-electron chi connectivity index (χ4n) is 2.19. The molecule has 0 radical (unpaired) electrons. The molecule has 0 aliphatic rings. The number of rotatable bonds is 22. The van der Waals surface area contributed by atoms with E-state index < -0.39 is 0 Å². The molecular formula is C21H39N3O7. The van der Waals surface area contributed by atoms with Crippen LogP contribution in [0, 0.1) is 0 Å². The molecule has 0 rings (SSSR count). The second-order valence-electron chi connectivity index (χ2n) is 6.56. The number of hydrogen-bond donors (Lipinski definition) is 3. The molecule has 10 heteroatoms. The van der Waals surface area contributed by atoms with E-state index in [9.17, 15) is 14.4 Å². The molecule has 0 aromatic carbocycles. The lowest BCUT2D eigenvalue weighted by Crippen LogP contribution is -2.31. The third-order valence-corrected chi connectivity index (χ3v) is 3.73. The van der Waals surface area contributed by atoms with E-state index in [-0.39, 0.29) is 30.9 Å². The predicted molar refractivity (Wildman–Crippen MR) is 117 cm³/mol. The monoisotopic (exact) mass is 445 g/mol. The zero-order valence-corrected chi connectivity index (χ0v) is 18.7. The number of ether oxygens (including phenoxy) is 4. The molecule has 0 aromatic rings. The number of unbranched alkanes of at least 4 members (excludes halogenated alkanes) is 1. The van der Waals surface area contributed by atoms with Crippen molar-refractivity contribution in [3.05, 3.63) is 12.7 Å². The summed E-state index contributed by atoms with van der Waals surface area (Å²) in [6, 6.07) is 0. The molecule has 0 unspecified atom stereocenters. The Morgan fingerprint density at radius 2 is 1.19 bits per heavy atom. The normalized spacial score (nSPS) is 10.5. The molecule has 0 aliphatic carbocycles. The van der Waals surface area contributed by atoms with Crippen LogP contribution < -0.4 is 16.0 Å². The van der Waals surface area contributed by atoms with Crippen LogP contribution in [0.1, 0.15) is 32.6 Å². The highest BCUT2D eigenvalue weighted by molar-refractivity contribution is 5.77. The molecule has 0 aliphatic heterocycles. The molecule has 0 aromatic heterocycles. The number of hydrogen-bond acceptors (Lipinski definition) is 7. The predicted octanol–water partition coefficient (Wildman–Crippen LogP) is 0.168. The fourth-order valence-corrected chi connectivity index (χ4v) is 2.19. The van der Waals surface area contributed by atoms with Gasteiger partial charge in [0, 0.05) is 26.1 Å². The van der Waals surface area contributed by atoms with Gasteiger partial charge in [-0.15, -0.1) is 6.58 Å². The zero-order valence-electron chi connectivity index (χ0n) is 18.7. The quantitative estimate of drug-likeness (QED) is 0.160. The molecule has 0 bridgehead atoms. The van der Waals surface area contributed by atoms with Crippen LogP contribution in [-0.2, 0) is 33.3 Å². The first-order valence-electron chi connectivity index (χ1n) is 10.8. The maximum Gasteiger partial charge on any atom is 0.246 e. The van der Waals surface area contributed by atoms with Gasteiger partial charge in [-0.05, 0) is 19.3 Å². The minimum Gasteiger partial charge on any atom is -0.377 e. The Bertz CT molecular complexity index is 490. The molecule has 0 heterocycles. The van der Waals surface area contributed by atoms with Crippen molar-refractivity contribution in [2.75, 3.05) is 72.5 Å². The van der Waals surface area contributed by atoms with Crippen LogP contribution >= 0.6 is 0 Å². The van der Waals surface area contributed by atoms with Gasteiger partial charge < -0.3 is 34.9 Å². The lowest BCUT2D eigenvalue weighted by atomic mass is 10.3. The maximum atomic E-state index is 11.6. The van der Waals surface area contributed by atoms with Crippen molar-refractivity contribution in [2.24, 2.45) is 0 Å². The van der Waals surface area contributed by atoms with E-state index in [1.54, 1.807) is 0 Å². The standard InChI is InChI=1S/C21H39N3O7/c1-3-5-6-8-22-20(26)17-30-15-14-29-12-10-24-21(27)18-31-16-13-28-11-9-23-19(25)7-4-2/h3H,1,4-18H2,2H3,(H,22,26)(H,23,25)(H,24,27). The first kappa shape index (κ1) is 29.0. The average molecular weight is 446 g/mol. The number of nitrogens with one attached hydrogen (secondary N) is 3. The summed E-state index contributed by atoms with van der Waals surface area (Å²) in [5.41, 5.74) is 0. The topological polar surface area (TPSA) is 124 Å². The summed E-state index contributed by atoms with van der Waals surface area (Å²) in [6.45, 7) is 9.00. The Labute approximate surface area is 185 Å². The Kier molecular flexibility index (Phi) is 21.2. The first-order chi connectivity index (χ1) is 15.1. The summed E-state index contributed by atoms with van der Waals surface area (Å²) in [4.78, 5) is 34.3. The van der Waals surface area contributed by atoms with Gasteiger partial charge in [-0.1, -0.05) is 13.0 Å². The fraction of sp³-hybridized carbons (Fsp3) is 0.762. The highest BCUT2D eigenvalue weighted by atomic mass is 16.5. The van der Waals surface area contributed by atoms with Crippen LogP contribution in [0.25, 0.3) is 0 Å². The van der Waals surface area contributed by atoms with Crippen LogP contribution in [0.3, 0.4) is 0 Å². The van der Waals surface area contributed by atoms with E-state index in [1.807, 2.05) is 13.0 Å². The van der Waals surface area contributed by atoms with Gasteiger partial charge in [0.1, 0.15) is 13.2 Å². The highest BCUT2D eigenvalue weighted by Gasteiger charge is 2.02. The Balaban J connectivity index is 3.30. The van der Waals surface area contributed by atoms with Crippen molar-refractivity contribution in [3.63, 3.8) is 0 Å². The van der Waals surface area contributed by atoms with E-state index in [1.165, 1.54) is 0 Å². The zero-order chi connectivity index (χ0) is 23.0. The summed E-state index contributed by atoms with van der Waals surface area (Å²) in [6.07, 6.45) is 4.88. The summed E-state index contributed by atoms with van der Waals surface area (Å²) >= 11 is 0. The summed E-state index contributed by atoms with van der Waals surface area (Å²) in [7, 11) is 0. The van der Waals surface area contributed by atoms with Crippen LogP contribution in [0.4, 0.5) is 0 Å². The number of amides is 3. The van der Waals surface area contributed by atoms with Crippen LogP contribution in [0.2, 0.25) is 0 Å². The van der Waals surface area contributed by atoms with Crippen molar-refractivity contribution in [1.29, 1.82) is 0 Å². The van der Waals surface area contributed by atoms with Crippen molar-refractivity contribution in [3.8, 4) is 0 Å². The minimum absolute atomic E-state index is 0.00271. The summed E-state index contributed by atoms with van der Waals surface area (Å²) in [5.74, 6) is -0.367. The molecule has 0 fully saturated rings. The van der Waals surface area contributed by atoms with E-state index in [0.29, 0.717) is 65.7 Å². The molecule has 0 saturated carbocycles. The molecule has 3 amide bonds. The molecule has 10 nitrogen and oxygen atoms in total. The Morgan fingerprint density at radius 3 is 1.71 bits per heavy atom. The average Bonchev–Trinajstić information content (AvgIpc) is 2.75. The molecule has 3 N–H and O–H groups in total. The molecule has 0 saturated heterocycles. The van der Waals surface area contributed by atoms with E-state index >= 15 is 0 Å². The lowest BCUT2D eigenvalue weighted by molar-refractivity contribution is -0.127. The Morgan fingerprint density at radius 1 is 0.710 bits per heavy atom. The van der Waals surface area contributed by atoms with Gasteiger partial charge in [-0.2, -0.15) is 0 Å². The van der Waals surface area contributed by atoms with Gasteiger partial charge in [-0.25, -0.2) is 0 Å². The van der Waals surface area contributed by atoms with Crippen molar-refractivity contribution < 1.29 is 33.3 Å². The molecular weight excluding hydrogens is 406 g/mol. The minimum atomic E-state index is -0.236. The van der Waals surface area contributed by atoms with Gasteiger partial charge >= 0.3 is 0 Å². The number of allylic oxidation sites excluding steroid dienone is 1. The third-order valence-electron chi connectivity index (χ3n) is 3.73.